The third kappa shape index (κ3) is 3.78. The number of rotatable bonds is 3. The van der Waals surface area contributed by atoms with Crippen LogP contribution >= 0.6 is 15.9 Å². The van der Waals surface area contributed by atoms with Crippen LogP contribution in [0.2, 0.25) is 0 Å². The fraction of sp³-hybridized carbons (Fsp3) is 0.500. The van der Waals surface area contributed by atoms with Crippen LogP contribution in [0.5, 0.6) is 0 Å². The second-order valence-electron chi connectivity index (χ2n) is 4.72. The van der Waals surface area contributed by atoms with Gasteiger partial charge in [-0.1, -0.05) is 28.1 Å². The molecule has 1 aliphatic heterocycles. The number of quaternary nitrogens is 1. The topological polar surface area (TPSA) is 41.8 Å². The molecule has 0 unspecified atom stereocenters. The molecule has 1 aliphatic rings. The summed E-state index contributed by atoms with van der Waals surface area (Å²) in [6, 6.07) is 8.31. The van der Waals surface area contributed by atoms with Crippen LogP contribution in [0, 0.1) is 0 Å². The standard InChI is InChI=1S/C12H17BrN2O2S/c1-18(16,17)15-8-6-14(7-9-15)10-11-2-4-12(13)5-3-11/h2-5H,6-10H2,1H3/p+1. The zero-order valence-electron chi connectivity index (χ0n) is 10.4. The lowest BCUT2D eigenvalue weighted by molar-refractivity contribution is -0.917. The van der Waals surface area contributed by atoms with Crippen molar-refractivity contribution in [3.63, 3.8) is 0 Å². The predicted molar refractivity (Wildman–Crippen MR) is 75.0 cm³/mol. The molecule has 1 fully saturated rings. The van der Waals surface area contributed by atoms with Crippen molar-refractivity contribution >= 4 is 26.0 Å². The number of nitrogens with one attached hydrogen (secondary N) is 1. The molecule has 1 aromatic rings. The van der Waals surface area contributed by atoms with E-state index in [9.17, 15) is 8.42 Å². The van der Waals surface area contributed by atoms with Gasteiger partial charge in [-0.15, -0.1) is 0 Å². The molecule has 18 heavy (non-hydrogen) atoms. The van der Waals surface area contributed by atoms with Crippen LogP contribution in [-0.2, 0) is 16.6 Å². The van der Waals surface area contributed by atoms with Gasteiger partial charge in [0.15, 0.2) is 0 Å². The van der Waals surface area contributed by atoms with Gasteiger partial charge in [0.25, 0.3) is 0 Å². The first-order valence-corrected chi connectivity index (χ1v) is 8.62. The van der Waals surface area contributed by atoms with Crippen molar-refractivity contribution in [3.05, 3.63) is 34.3 Å². The molecule has 100 valence electrons. The van der Waals surface area contributed by atoms with Crippen molar-refractivity contribution in [1.82, 2.24) is 4.31 Å². The third-order valence-corrected chi connectivity index (χ3v) is 5.10. The first-order valence-electron chi connectivity index (χ1n) is 5.98. The molecule has 1 aromatic carbocycles. The van der Waals surface area contributed by atoms with Gasteiger partial charge in [0.1, 0.15) is 6.54 Å². The molecule has 1 heterocycles. The quantitative estimate of drug-likeness (QED) is 0.853. The van der Waals surface area contributed by atoms with Crippen molar-refractivity contribution in [3.8, 4) is 0 Å². The minimum atomic E-state index is -3.01. The van der Waals surface area contributed by atoms with E-state index in [-0.39, 0.29) is 0 Å². The SMILES string of the molecule is CS(=O)(=O)N1CC[NH+](Cc2ccc(Br)cc2)CC1. The summed E-state index contributed by atoms with van der Waals surface area (Å²) in [5, 5.41) is 0. The lowest BCUT2D eigenvalue weighted by atomic mass is 10.2. The van der Waals surface area contributed by atoms with Crippen molar-refractivity contribution in [2.75, 3.05) is 32.4 Å². The van der Waals surface area contributed by atoms with Gasteiger partial charge in [0.05, 0.1) is 32.4 Å². The first-order chi connectivity index (χ1) is 8.45. The lowest BCUT2D eigenvalue weighted by Gasteiger charge is -2.30. The van der Waals surface area contributed by atoms with Crippen LogP contribution in [0.4, 0.5) is 0 Å². The summed E-state index contributed by atoms with van der Waals surface area (Å²) in [5.74, 6) is 0. The summed E-state index contributed by atoms with van der Waals surface area (Å²) in [6.45, 7) is 3.98. The average molecular weight is 334 g/mol. The molecule has 4 nitrogen and oxygen atoms in total. The number of sulfonamides is 1. The molecule has 0 aliphatic carbocycles. The monoisotopic (exact) mass is 333 g/mol. The Morgan fingerprint density at radius 1 is 1.22 bits per heavy atom. The maximum Gasteiger partial charge on any atom is 0.211 e. The van der Waals surface area contributed by atoms with Crippen LogP contribution in [0.15, 0.2) is 28.7 Å². The van der Waals surface area contributed by atoms with Crippen LogP contribution < -0.4 is 4.90 Å². The molecular formula is C12H18BrN2O2S+. The highest BCUT2D eigenvalue weighted by Gasteiger charge is 2.25. The Bertz CT molecular complexity index is 493. The van der Waals surface area contributed by atoms with Crippen molar-refractivity contribution in [2.24, 2.45) is 0 Å². The van der Waals surface area contributed by atoms with Crippen LogP contribution in [-0.4, -0.2) is 45.2 Å². The van der Waals surface area contributed by atoms with E-state index in [0.29, 0.717) is 13.1 Å². The Balaban J connectivity index is 1.89. The van der Waals surface area contributed by atoms with Gasteiger partial charge in [0, 0.05) is 10.0 Å². The van der Waals surface area contributed by atoms with Gasteiger partial charge < -0.3 is 4.90 Å². The largest absolute Gasteiger partial charge is 0.329 e. The molecule has 0 amide bonds. The Hall–Kier alpha value is -0.430. The van der Waals surface area contributed by atoms with Crippen LogP contribution in [0.1, 0.15) is 5.56 Å². The molecule has 0 spiro atoms. The molecule has 0 radical (unpaired) electrons. The summed E-state index contributed by atoms with van der Waals surface area (Å²) < 4.78 is 25.5. The highest BCUT2D eigenvalue weighted by Crippen LogP contribution is 2.09. The molecule has 0 bridgehead atoms. The van der Waals surface area contributed by atoms with E-state index < -0.39 is 10.0 Å². The zero-order valence-corrected chi connectivity index (χ0v) is 12.8. The Morgan fingerprint density at radius 3 is 2.28 bits per heavy atom. The Kier molecular flexibility index (Phi) is 4.42. The van der Waals surface area contributed by atoms with E-state index in [2.05, 4.69) is 28.1 Å². The first kappa shape index (κ1) is 14.0. The van der Waals surface area contributed by atoms with Gasteiger partial charge >= 0.3 is 0 Å². The van der Waals surface area contributed by atoms with Crippen molar-refractivity contribution in [2.45, 2.75) is 6.54 Å². The van der Waals surface area contributed by atoms with Gasteiger partial charge in [0.2, 0.25) is 10.0 Å². The normalized spacial score (nSPS) is 19.0. The third-order valence-electron chi connectivity index (χ3n) is 3.27. The van der Waals surface area contributed by atoms with Crippen LogP contribution in [0.3, 0.4) is 0 Å². The minimum Gasteiger partial charge on any atom is -0.329 e. The highest BCUT2D eigenvalue weighted by molar-refractivity contribution is 9.10. The van der Waals surface area contributed by atoms with E-state index in [0.717, 1.165) is 24.1 Å². The maximum absolute atomic E-state index is 11.4. The summed E-state index contributed by atoms with van der Waals surface area (Å²) in [5.41, 5.74) is 1.29. The Morgan fingerprint density at radius 2 is 1.78 bits per heavy atom. The van der Waals surface area contributed by atoms with Crippen molar-refractivity contribution < 1.29 is 13.3 Å². The zero-order chi connectivity index (χ0) is 13.2. The summed E-state index contributed by atoms with van der Waals surface area (Å²) >= 11 is 3.42. The van der Waals surface area contributed by atoms with E-state index in [4.69, 9.17) is 0 Å². The second kappa shape index (κ2) is 5.69. The lowest BCUT2D eigenvalue weighted by Crippen LogP contribution is -3.13. The number of hydrogen-bond donors (Lipinski definition) is 1. The molecule has 1 N–H and O–H groups in total. The molecule has 0 atom stereocenters. The number of hydrogen-bond acceptors (Lipinski definition) is 2. The molecular weight excluding hydrogens is 316 g/mol. The molecule has 6 heteroatoms. The van der Waals surface area contributed by atoms with Gasteiger partial charge in [-0.05, 0) is 12.1 Å². The van der Waals surface area contributed by atoms with E-state index in [1.807, 2.05) is 12.1 Å². The predicted octanol–water partition coefficient (Wildman–Crippen LogP) is 0.109. The molecule has 2 rings (SSSR count). The summed E-state index contributed by atoms with van der Waals surface area (Å²) in [4.78, 5) is 1.44. The van der Waals surface area contributed by atoms with Crippen molar-refractivity contribution in [1.29, 1.82) is 0 Å². The number of piperazine rings is 1. The molecule has 0 saturated carbocycles. The fourth-order valence-electron chi connectivity index (χ4n) is 2.20. The number of nitrogens with zero attached hydrogens (tertiary/aromatic N) is 1. The van der Waals surface area contributed by atoms with Crippen LogP contribution in [0.25, 0.3) is 0 Å². The van der Waals surface area contributed by atoms with E-state index >= 15 is 0 Å². The number of halogens is 1. The molecule has 0 aromatic heterocycles. The smallest absolute Gasteiger partial charge is 0.211 e. The van der Waals surface area contributed by atoms with E-state index in [1.165, 1.54) is 16.7 Å². The Labute approximate surface area is 117 Å². The van der Waals surface area contributed by atoms with Gasteiger partial charge in [-0.3, -0.25) is 0 Å². The average Bonchev–Trinajstić information content (AvgIpc) is 2.32. The van der Waals surface area contributed by atoms with Gasteiger partial charge in [-0.2, -0.15) is 4.31 Å². The number of benzene rings is 1. The summed E-state index contributed by atoms with van der Waals surface area (Å²) in [6.07, 6.45) is 1.28. The maximum atomic E-state index is 11.4. The second-order valence-corrected chi connectivity index (χ2v) is 7.61. The van der Waals surface area contributed by atoms with E-state index in [1.54, 1.807) is 4.31 Å². The van der Waals surface area contributed by atoms with Gasteiger partial charge in [-0.25, -0.2) is 8.42 Å². The summed E-state index contributed by atoms with van der Waals surface area (Å²) in [7, 11) is -3.01. The fourth-order valence-corrected chi connectivity index (χ4v) is 3.31. The highest BCUT2D eigenvalue weighted by atomic mass is 79.9. The minimum absolute atomic E-state index is 0.630. The molecule has 1 saturated heterocycles.